The lowest BCUT2D eigenvalue weighted by atomic mass is 10.0. The van der Waals surface area contributed by atoms with E-state index in [2.05, 4.69) is 10.6 Å². The highest BCUT2D eigenvalue weighted by molar-refractivity contribution is 7.89. The second-order valence-corrected chi connectivity index (χ2v) is 11.4. The minimum Gasteiger partial charge on any atom is -0.339 e. The van der Waals surface area contributed by atoms with E-state index in [1.165, 1.54) is 11.3 Å². The number of sulfonamides is 1. The first kappa shape index (κ1) is 24.3. The maximum atomic E-state index is 13.5. The Bertz CT molecular complexity index is 1080. The topological polar surface area (TPSA) is 113 Å². The predicted molar refractivity (Wildman–Crippen MR) is 125 cm³/mol. The Hall–Kier alpha value is -2.30. The summed E-state index contributed by atoms with van der Waals surface area (Å²) >= 11 is 1.31. The highest BCUT2D eigenvalue weighted by Gasteiger charge is 2.40. The zero-order chi connectivity index (χ0) is 23.5. The van der Waals surface area contributed by atoms with E-state index in [9.17, 15) is 22.8 Å². The van der Waals surface area contributed by atoms with Gasteiger partial charge in [0.05, 0.1) is 17.7 Å². The van der Waals surface area contributed by atoms with Crippen LogP contribution in [0.5, 0.6) is 0 Å². The number of carbonyl (C=O) groups excluding carboxylic acids is 3. The molecule has 0 radical (unpaired) electrons. The van der Waals surface area contributed by atoms with E-state index in [-0.39, 0.29) is 31.1 Å². The van der Waals surface area contributed by atoms with Crippen molar-refractivity contribution in [3.8, 4) is 0 Å². The van der Waals surface area contributed by atoms with Crippen molar-refractivity contribution in [3.63, 3.8) is 0 Å². The quantitative estimate of drug-likeness (QED) is 0.629. The first-order chi connectivity index (χ1) is 15.1. The standard InChI is InChI=1S/C22H29N3O5S2/c1-14(2)11-16(24-21(27)20-12-15-7-4-5-9-19(15)31-20)22(28)25(32(3,29)30)17-8-6-10-23-13-18(17)26/h4-5,7,9,12,14,16-17,23H,6,8,10-11,13H2,1-3H3,(H,24,27)/t16-,17?/m0/s1. The summed E-state index contributed by atoms with van der Waals surface area (Å²) in [5, 5.41) is 6.61. The Kier molecular flexibility index (Phi) is 7.68. The van der Waals surface area contributed by atoms with Gasteiger partial charge in [0.15, 0.2) is 5.78 Å². The molecule has 174 valence electrons. The smallest absolute Gasteiger partial charge is 0.262 e. The largest absolute Gasteiger partial charge is 0.339 e. The van der Waals surface area contributed by atoms with Gasteiger partial charge in [-0.2, -0.15) is 0 Å². The van der Waals surface area contributed by atoms with Crippen LogP contribution in [0.25, 0.3) is 10.1 Å². The molecule has 1 fully saturated rings. The number of carbonyl (C=O) groups is 3. The molecule has 2 aromatic rings. The molecule has 2 atom stereocenters. The van der Waals surface area contributed by atoms with Crippen LogP contribution in [-0.4, -0.2) is 61.7 Å². The molecule has 32 heavy (non-hydrogen) atoms. The van der Waals surface area contributed by atoms with Gasteiger partial charge in [0, 0.05) is 4.70 Å². The lowest BCUT2D eigenvalue weighted by Crippen LogP contribution is -2.56. The minimum atomic E-state index is -4.03. The van der Waals surface area contributed by atoms with Crippen LogP contribution in [0.3, 0.4) is 0 Å². The molecule has 0 bridgehead atoms. The van der Waals surface area contributed by atoms with Gasteiger partial charge >= 0.3 is 0 Å². The van der Waals surface area contributed by atoms with Crippen molar-refractivity contribution in [3.05, 3.63) is 35.2 Å². The van der Waals surface area contributed by atoms with Crippen LogP contribution in [0, 0.1) is 5.92 Å². The molecule has 0 aliphatic carbocycles. The number of hydrogen-bond donors (Lipinski definition) is 2. The van der Waals surface area contributed by atoms with Crippen molar-refractivity contribution in [2.24, 2.45) is 5.92 Å². The molecule has 0 spiro atoms. The van der Waals surface area contributed by atoms with Crippen molar-refractivity contribution in [1.82, 2.24) is 14.9 Å². The number of benzene rings is 1. The summed E-state index contributed by atoms with van der Waals surface area (Å²) in [5.41, 5.74) is 0. The van der Waals surface area contributed by atoms with Crippen LogP contribution in [0.1, 0.15) is 42.8 Å². The van der Waals surface area contributed by atoms with Gasteiger partial charge in [0.2, 0.25) is 10.0 Å². The normalized spacial score (nSPS) is 18.4. The number of thiophene rings is 1. The van der Waals surface area contributed by atoms with E-state index in [1.807, 2.05) is 38.1 Å². The molecule has 1 aromatic carbocycles. The predicted octanol–water partition coefficient (Wildman–Crippen LogP) is 2.16. The van der Waals surface area contributed by atoms with Gasteiger partial charge in [-0.3, -0.25) is 14.4 Å². The SMILES string of the molecule is CC(C)C[C@H](NC(=O)c1cc2ccccc2s1)C(=O)N(C1CCCNCC1=O)S(C)(=O)=O. The van der Waals surface area contributed by atoms with E-state index in [1.54, 1.807) is 6.07 Å². The molecule has 0 saturated carbocycles. The number of fused-ring (bicyclic) bond motifs is 1. The summed E-state index contributed by atoms with van der Waals surface area (Å²) < 4.78 is 26.9. The van der Waals surface area contributed by atoms with Gasteiger partial charge in [-0.05, 0) is 49.2 Å². The molecule has 2 heterocycles. The number of hydrogen-bond acceptors (Lipinski definition) is 7. The molecular weight excluding hydrogens is 450 g/mol. The number of amides is 2. The minimum absolute atomic E-state index is 0.00690. The van der Waals surface area contributed by atoms with E-state index in [4.69, 9.17) is 0 Å². The summed E-state index contributed by atoms with van der Waals surface area (Å²) in [5.74, 6) is -1.54. The molecule has 1 aliphatic rings. The number of ketones is 1. The van der Waals surface area contributed by atoms with Crippen molar-refractivity contribution in [1.29, 1.82) is 0 Å². The fourth-order valence-electron chi connectivity index (χ4n) is 3.88. The molecule has 2 N–H and O–H groups in total. The van der Waals surface area contributed by atoms with Gasteiger partial charge in [0.1, 0.15) is 12.1 Å². The lowest BCUT2D eigenvalue weighted by Gasteiger charge is -2.32. The summed E-state index contributed by atoms with van der Waals surface area (Å²) in [6.07, 6.45) is 2.00. The van der Waals surface area contributed by atoms with E-state index in [0.29, 0.717) is 22.1 Å². The van der Waals surface area contributed by atoms with Gasteiger partial charge in [0.25, 0.3) is 11.8 Å². The summed E-state index contributed by atoms with van der Waals surface area (Å²) in [4.78, 5) is 39.5. The number of Topliss-reactive ketones (excluding diaryl/α,β-unsaturated/α-hetero) is 1. The van der Waals surface area contributed by atoms with E-state index < -0.39 is 33.9 Å². The van der Waals surface area contributed by atoms with Crippen LogP contribution < -0.4 is 10.6 Å². The first-order valence-corrected chi connectivity index (χ1v) is 13.3. The monoisotopic (exact) mass is 479 g/mol. The summed E-state index contributed by atoms with van der Waals surface area (Å²) in [6, 6.07) is 7.19. The van der Waals surface area contributed by atoms with E-state index >= 15 is 0 Å². The molecule has 1 aromatic heterocycles. The third-order valence-corrected chi connectivity index (χ3v) is 7.58. The van der Waals surface area contributed by atoms with Crippen molar-refractivity contribution >= 4 is 49.0 Å². The number of rotatable bonds is 7. The molecule has 2 amide bonds. The number of nitrogens with one attached hydrogen (secondary N) is 2. The second kappa shape index (κ2) is 10.1. The second-order valence-electron chi connectivity index (χ2n) is 8.50. The van der Waals surface area contributed by atoms with Crippen LogP contribution in [0.2, 0.25) is 0 Å². The van der Waals surface area contributed by atoms with Crippen LogP contribution in [0.15, 0.2) is 30.3 Å². The first-order valence-electron chi connectivity index (χ1n) is 10.6. The third kappa shape index (κ3) is 5.73. The van der Waals surface area contributed by atoms with Gasteiger partial charge in [-0.15, -0.1) is 11.3 Å². The highest BCUT2D eigenvalue weighted by atomic mass is 32.2. The molecule has 8 nitrogen and oxygen atoms in total. The highest BCUT2D eigenvalue weighted by Crippen LogP contribution is 2.26. The molecule has 1 aliphatic heterocycles. The van der Waals surface area contributed by atoms with Crippen molar-refractivity contribution in [2.45, 2.75) is 45.2 Å². The Morgan fingerprint density at radius 3 is 2.66 bits per heavy atom. The lowest BCUT2D eigenvalue weighted by molar-refractivity contribution is -0.135. The zero-order valence-corrected chi connectivity index (χ0v) is 20.1. The maximum Gasteiger partial charge on any atom is 0.262 e. The maximum absolute atomic E-state index is 13.5. The molecule has 3 rings (SSSR count). The van der Waals surface area contributed by atoms with Crippen molar-refractivity contribution in [2.75, 3.05) is 19.3 Å². The average molecular weight is 480 g/mol. The Morgan fingerprint density at radius 1 is 1.28 bits per heavy atom. The Labute approximate surface area is 192 Å². The number of nitrogens with zero attached hydrogens (tertiary/aromatic N) is 1. The van der Waals surface area contributed by atoms with Crippen LogP contribution in [0.4, 0.5) is 0 Å². The van der Waals surface area contributed by atoms with Gasteiger partial charge in [-0.25, -0.2) is 12.7 Å². The van der Waals surface area contributed by atoms with Gasteiger partial charge in [-0.1, -0.05) is 32.0 Å². The Morgan fingerprint density at radius 2 is 2.00 bits per heavy atom. The zero-order valence-electron chi connectivity index (χ0n) is 18.5. The third-order valence-electron chi connectivity index (χ3n) is 5.32. The molecule has 1 unspecified atom stereocenters. The Balaban J connectivity index is 1.90. The molecule has 1 saturated heterocycles. The van der Waals surface area contributed by atoms with Crippen LogP contribution in [-0.2, 0) is 19.6 Å². The fourth-order valence-corrected chi connectivity index (χ4v) is 5.98. The summed E-state index contributed by atoms with van der Waals surface area (Å²) in [7, 11) is -4.03. The van der Waals surface area contributed by atoms with E-state index in [0.717, 1.165) is 16.3 Å². The molecular formula is C22H29N3O5S2. The van der Waals surface area contributed by atoms with Crippen LogP contribution >= 0.6 is 11.3 Å². The van der Waals surface area contributed by atoms with Gasteiger partial charge < -0.3 is 10.6 Å². The average Bonchev–Trinajstić information content (AvgIpc) is 3.04. The molecule has 10 heteroatoms. The summed E-state index contributed by atoms with van der Waals surface area (Å²) in [6.45, 7) is 4.36. The fraction of sp³-hybridized carbons (Fsp3) is 0.500. The van der Waals surface area contributed by atoms with Crippen molar-refractivity contribution < 1.29 is 22.8 Å².